The Labute approximate surface area is 118 Å². The molecule has 1 atom stereocenters. The summed E-state index contributed by atoms with van der Waals surface area (Å²) in [7, 11) is 0. The minimum atomic E-state index is -0.192. The number of benzene rings is 2. The summed E-state index contributed by atoms with van der Waals surface area (Å²) < 4.78 is 14.0. The number of hydrogen-bond donors (Lipinski definition) is 1. The molecule has 2 aromatic rings. The second-order valence-electron chi connectivity index (χ2n) is 4.51. The predicted molar refractivity (Wildman–Crippen MR) is 78.1 cm³/mol. The van der Waals surface area contributed by atoms with Gasteiger partial charge in [-0.3, -0.25) is 0 Å². The van der Waals surface area contributed by atoms with Crippen molar-refractivity contribution >= 4 is 11.6 Å². The molecule has 1 unspecified atom stereocenters. The lowest BCUT2D eigenvalue weighted by Crippen LogP contribution is -2.23. The summed E-state index contributed by atoms with van der Waals surface area (Å²) in [5.74, 6) is -0.192. The number of nitrogens with one attached hydrogen (secondary N) is 1. The molecule has 1 nitrogen and oxygen atoms in total. The zero-order valence-electron chi connectivity index (χ0n) is 11.1. The maximum Gasteiger partial charge on any atom is 0.128 e. The van der Waals surface area contributed by atoms with Crippen LogP contribution in [0.3, 0.4) is 0 Å². The second-order valence-corrected chi connectivity index (χ2v) is 4.95. The monoisotopic (exact) mass is 277 g/mol. The molecule has 2 rings (SSSR count). The predicted octanol–water partition coefficient (Wildman–Crippen LogP) is 4.49. The van der Waals surface area contributed by atoms with Crippen LogP contribution < -0.4 is 5.32 Å². The van der Waals surface area contributed by atoms with E-state index in [0.717, 1.165) is 17.7 Å². The molecule has 2 aromatic carbocycles. The Kier molecular flexibility index (Phi) is 4.56. The highest BCUT2D eigenvalue weighted by molar-refractivity contribution is 6.30. The van der Waals surface area contributed by atoms with Crippen LogP contribution in [0.5, 0.6) is 0 Å². The van der Waals surface area contributed by atoms with E-state index in [2.05, 4.69) is 5.32 Å². The first-order valence-corrected chi connectivity index (χ1v) is 6.75. The lowest BCUT2D eigenvalue weighted by atomic mass is 9.94. The van der Waals surface area contributed by atoms with E-state index < -0.39 is 0 Å². The Morgan fingerprint density at radius 2 is 1.89 bits per heavy atom. The van der Waals surface area contributed by atoms with Gasteiger partial charge in [0.1, 0.15) is 5.82 Å². The van der Waals surface area contributed by atoms with Gasteiger partial charge in [-0.15, -0.1) is 0 Å². The molecule has 0 aliphatic carbocycles. The fraction of sp³-hybridized carbons (Fsp3) is 0.250. The third-order valence-corrected chi connectivity index (χ3v) is 3.40. The lowest BCUT2D eigenvalue weighted by Gasteiger charge is -2.21. The van der Waals surface area contributed by atoms with Gasteiger partial charge in [0.05, 0.1) is 6.04 Å². The van der Waals surface area contributed by atoms with E-state index in [-0.39, 0.29) is 11.9 Å². The van der Waals surface area contributed by atoms with Gasteiger partial charge in [0.2, 0.25) is 0 Å². The van der Waals surface area contributed by atoms with Crippen molar-refractivity contribution < 1.29 is 4.39 Å². The van der Waals surface area contributed by atoms with Gasteiger partial charge in [0.25, 0.3) is 0 Å². The van der Waals surface area contributed by atoms with Crippen molar-refractivity contribution in [2.45, 2.75) is 19.9 Å². The van der Waals surface area contributed by atoms with E-state index in [4.69, 9.17) is 11.6 Å². The summed E-state index contributed by atoms with van der Waals surface area (Å²) in [4.78, 5) is 0. The minimum Gasteiger partial charge on any atom is -0.306 e. The van der Waals surface area contributed by atoms with Crippen LogP contribution >= 0.6 is 11.6 Å². The van der Waals surface area contributed by atoms with Gasteiger partial charge in [-0.25, -0.2) is 4.39 Å². The average Bonchev–Trinajstić information content (AvgIpc) is 2.38. The van der Waals surface area contributed by atoms with Crippen LogP contribution in [-0.4, -0.2) is 6.54 Å². The molecule has 0 radical (unpaired) electrons. The Hall–Kier alpha value is -1.38. The van der Waals surface area contributed by atoms with Crippen LogP contribution in [0.2, 0.25) is 5.02 Å². The van der Waals surface area contributed by atoms with Crippen LogP contribution in [0.1, 0.15) is 29.7 Å². The third-order valence-electron chi connectivity index (χ3n) is 3.17. The maximum atomic E-state index is 14.0. The summed E-state index contributed by atoms with van der Waals surface area (Å²) in [5.41, 5.74) is 2.77. The quantitative estimate of drug-likeness (QED) is 0.868. The number of hydrogen-bond acceptors (Lipinski definition) is 1. The molecule has 0 fully saturated rings. The highest BCUT2D eigenvalue weighted by Crippen LogP contribution is 2.28. The minimum absolute atomic E-state index is 0.150. The molecule has 19 heavy (non-hydrogen) atoms. The van der Waals surface area contributed by atoms with Crippen LogP contribution in [-0.2, 0) is 0 Å². The fourth-order valence-corrected chi connectivity index (χ4v) is 2.49. The lowest BCUT2D eigenvalue weighted by molar-refractivity contribution is 0.558. The molecule has 100 valence electrons. The molecule has 0 aromatic heterocycles. The van der Waals surface area contributed by atoms with Gasteiger partial charge >= 0.3 is 0 Å². The highest BCUT2D eigenvalue weighted by atomic mass is 35.5. The molecule has 1 N–H and O–H groups in total. The Morgan fingerprint density at radius 3 is 2.53 bits per heavy atom. The molecule has 0 aliphatic heterocycles. The first-order valence-electron chi connectivity index (χ1n) is 6.37. The molecule has 0 saturated carbocycles. The van der Waals surface area contributed by atoms with Gasteiger partial charge in [-0.05, 0) is 42.8 Å². The third kappa shape index (κ3) is 3.14. The van der Waals surface area contributed by atoms with Crippen molar-refractivity contribution in [1.82, 2.24) is 5.32 Å². The topological polar surface area (TPSA) is 12.0 Å². The van der Waals surface area contributed by atoms with E-state index in [1.807, 2.05) is 44.2 Å². The largest absolute Gasteiger partial charge is 0.306 e. The zero-order chi connectivity index (χ0) is 13.8. The number of halogens is 2. The van der Waals surface area contributed by atoms with Crippen molar-refractivity contribution in [2.75, 3.05) is 6.54 Å². The molecule has 0 saturated heterocycles. The molecule has 0 aliphatic rings. The second kappa shape index (κ2) is 6.18. The first kappa shape index (κ1) is 14.0. The van der Waals surface area contributed by atoms with E-state index in [1.165, 1.54) is 6.07 Å². The molecule has 0 heterocycles. The SMILES string of the molecule is CCNC(c1ccc(Cl)cc1C)c1ccccc1F. The fourth-order valence-electron chi connectivity index (χ4n) is 2.26. The first-order chi connectivity index (χ1) is 9.13. The van der Waals surface area contributed by atoms with Crippen LogP contribution in [0.25, 0.3) is 0 Å². The highest BCUT2D eigenvalue weighted by Gasteiger charge is 2.18. The van der Waals surface area contributed by atoms with Crippen molar-refractivity contribution in [2.24, 2.45) is 0 Å². The number of rotatable bonds is 4. The van der Waals surface area contributed by atoms with Gasteiger partial charge in [0, 0.05) is 10.6 Å². The van der Waals surface area contributed by atoms with Crippen molar-refractivity contribution in [3.63, 3.8) is 0 Å². The van der Waals surface area contributed by atoms with E-state index in [1.54, 1.807) is 6.07 Å². The Morgan fingerprint density at radius 1 is 1.16 bits per heavy atom. The maximum absolute atomic E-state index is 14.0. The van der Waals surface area contributed by atoms with E-state index >= 15 is 0 Å². The van der Waals surface area contributed by atoms with E-state index in [9.17, 15) is 4.39 Å². The van der Waals surface area contributed by atoms with Crippen molar-refractivity contribution in [3.05, 3.63) is 70.0 Å². The normalized spacial score (nSPS) is 12.4. The molecule has 3 heteroatoms. The molecular formula is C16H17ClFN. The number of aryl methyl sites for hydroxylation is 1. The molecular weight excluding hydrogens is 261 g/mol. The molecule has 0 amide bonds. The van der Waals surface area contributed by atoms with Gasteiger partial charge in [-0.1, -0.05) is 42.8 Å². The summed E-state index contributed by atoms with van der Waals surface area (Å²) in [5, 5.41) is 4.03. The Bertz CT molecular complexity index is 568. The van der Waals surface area contributed by atoms with Crippen LogP contribution in [0.15, 0.2) is 42.5 Å². The Balaban J connectivity index is 2.48. The standard InChI is InChI=1S/C16H17ClFN/c1-3-19-16(14-6-4-5-7-15(14)18)13-9-8-12(17)10-11(13)2/h4-10,16,19H,3H2,1-2H3. The van der Waals surface area contributed by atoms with Crippen molar-refractivity contribution in [3.8, 4) is 0 Å². The van der Waals surface area contributed by atoms with Crippen LogP contribution in [0, 0.1) is 12.7 Å². The zero-order valence-corrected chi connectivity index (χ0v) is 11.8. The van der Waals surface area contributed by atoms with Gasteiger partial charge in [-0.2, -0.15) is 0 Å². The average molecular weight is 278 g/mol. The van der Waals surface area contributed by atoms with Crippen molar-refractivity contribution in [1.29, 1.82) is 0 Å². The van der Waals surface area contributed by atoms with Crippen LogP contribution in [0.4, 0.5) is 4.39 Å². The molecule has 0 spiro atoms. The summed E-state index contributed by atoms with van der Waals surface area (Å²) in [6.45, 7) is 4.77. The van der Waals surface area contributed by atoms with Gasteiger partial charge < -0.3 is 5.32 Å². The summed E-state index contributed by atoms with van der Waals surface area (Å²) in [6.07, 6.45) is 0. The van der Waals surface area contributed by atoms with E-state index in [0.29, 0.717) is 10.6 Å². The molecule has 0 bridgehead atoms. The summed E-state index contributed by atoms with van der Waals surface area (Å²) >= 11 is 5.98. The van der Waals surface area contributed by atoms with Gasteiger partial charge in [0.15, 0.2) is 0 Å². The summed E-state index contributed by atoms with van der Waals surface area (Å²) in [6, 6.07) is 12.4. The smallest absolute Gasteiger partial charge is 0.128 e.